The largest absolute Gasteiger partial charge is 0.307 e. The molecular weight excluding hydrogens is 304 g/mol. The number of hydrogen-bond donors (Lipinski definition) is 0. The zero-order valence-corrected chi connectivity index (χ0v) is 12.9. The van der Waals surface area contributed by atoms with Crippen molar-refractivity contribution in [3.05, 3.63) is 59.7 Å². The van der Waals surface area contributed by atoms with E-state index in [1.807, 2.05) is 24.3 Å². The Hall–Kier alpha value is -1.88. The summed E-state index contributed by atoms with van der Waals surface area (Å²) in [7, 11) is 0. The predicted octanol–water partition coefficient (Wildman–Crippen LogP) is 4.50. The van der Waals surface area contributed by atoms with Gasteiger partial charge in [-0.25, -0.2) is 8.78 Å². The quantitative estimate of drug-likeness (QED) is 0.771. The molecule has 0 saturated carbocycles. The molecule has 2 aromatic rings. The number of fused-ring (bicyclic) bond motifs is 1. The molecule has 2 aromatic carbocycles. The molecular formula is C17H15F2NOS. The number of hydrogen-bond acceptors (Lipinski definition) is 2. The first-order valence-corrected chi connectivity index (χ1v) is 7.97. The standard InChI is InChI=1S/C17H15F2NOS/c1-11-8-9-20(15-4-2-3-5-16(15)22-11)17(21)12-6-7-13(18)14(19)10-12/h2-7,10-11H,8-9H2,1H3/t11-/m0/s1. The molecule has 0 unspecified atom stereocenters. The molecule has 0 aromatic heterocycles. The summed E-state index contributed by atoms with van der Waals surface area (Å²) in [5, 5.41) is 0.393. The number of halogens is 2. The first-order valence-electron chi connectivity index (χ1n) is 7.09. The fourth-order valence-corrected chi connectivity index (χ4v) is 3.60. The molecule has 1 atom stereocenters. The van der Waals surface area contributed by atoms with Gasteiger partial charge in [-0.05, 0) is 36.8 Å². The molecule has 0 aliphatic carbocycles. The number of nitrogens with zero attached hydrogens (tertiary/aromatic N) is 1. The Labute approximate surface area is 132 Å². The van der Waals surface area contributed by atoms with Crippen LogP contribution < -0.4 is 4.90 Å². The summed E-state index contributed by atoms with van der Waals surface area (Å²) in [5.41, 5.74) is 0.986. The first kappa shape index (κ1) is 15.0. The average Bonchev–Trinajstić information content (AvgIpc) is 2.67. The van der Waals surface area contributed by atoms with Crippen LogP contribution in [-0.4, -0.2) is 17.7 Å². The van der Waals surface area contributed by atoms with Crippen molar-refractivity contribution in [2.75, 3.05) is 11.4 Å². The van der Waals surface area contributed by atoms with Crippen LogP contribution >= 0.6 is 11.8 Å². The molecule has 1 aliphatic heterocycles. The molecule has 2 nitrogen and oxygen atoms in total. The van der Waals surface area contributed by atoms with Crippen LogP contribution in [0.1, 0.15) is 23.7 Å². The maximum absolute atomic E-state index is 13.4. The molecule has 0 saturated heterocycles. The molecule has 22 heavy (non-hydrogen) atoms. The number of benzene rings is 2. The van der Waals surface area contributed by atoms with Gasteiger partial charge < -0.3 is 4.90 Å². The van der Waals surface area contributed by atoms with Crippen LogP contribution in [0.15, 0.2) is 47.4 Å². The molecule has 0 bridgehead atoms. The van der Waals surface area contributed by atoms with Gasteiger partial charge in [0.15, 0.2) is 11.6 Å². The number of carbonyl (C=O) groups is 1. The van der Waals surface area contributed by atoms with Gasteiger partial charge in [-0.1, -0.05) is 19.1 Å². The number of amides is 1. The van der Waals surface area contributed by atoms with Gasteiger partial charge in [0.2, 0.25) is 0 Å². The minimum Gasteiger partial charge on any atom is -0.307 e. The molecule has 114 valence electrons. The van der Waals surface area contributed by atoms with E-state index in [1.54, 1.807) is 16.7 Å². The van der Waals surface area contributed by atoms with Gasteiger partial charge in [0.1, 0.15) is 0 Å². The summed E-state index contributed by atoms with van der Waals surface area (Å²) in [6.45, 7) is 2.68. The van der Waals surface area contributed by atoms with Crippen LogP contribution in [0, 0.1) is 11.6 Å². The van der Waals surface area contributed by atoms with Crippen molar-refractivity contribution in [2.24, 2.45) is 0 Å². The van der Waals surface area contributed by atoms with E-state index in [2.05, 4.69) is 6.92 Å². The molecule has 1 amide bonds. The summed E-state index contributed by atoms with van der Waals surface area (Å²) in [4.78, 5) is 15.4. The highest BCUT2D eigenvalue weighted by Crippen LogP contribution is 2.37. The van der Waals surface area contributed by atoms with E-state index in [0.717, 1.165) is 29.1 Å². The molecule has 0 N–H and O–H groups in total. The second-order valence-corrected chi connectivity index (χ2v) is 6.75. The lowest BCUT2D eigenvalue weighted by molar-refractivity contribution is 0.0986. The molecule has 0 radical (unpaired) electrons. The van der Waals surface area contributed by atoms with Crippen LogP contribution in [0.5, 0.6) is 0 Å². The lowest BCUT2D eigenvalue weighted by atomic mass is 10.1. The van der Waals surface area contributed by atoms with E-state index in [9.17, 15) is 13.6 Å². The van der Waals surface area contributed by atoms with E-state index < -0.39 is 11.6 Å². The Bertz CT molecular complexity index is 720. The van der Waals surface area contributed by atoms with Crippen molar-refractivity contribution >= 4 is 23.4 Å². The van der Waals surface area contributed by atoms with E-state index in [0.29, 0.717) is 11.8 Å². The maximum atomic E-state index is 13.4. The number of rotatable bonds is 1. The van der Waals surface area contributed by atoms with Gasteiger partial charge in [0, 0.05) is 22.3 Å². The summed E-state index contributed by atoms with van der Waals surface area (Å²) >= 11 is 1.73. The Morgan fingerprint density at radius 2 is 1.95 bits per heavy atom. The highest BCUT2D eigenvalue weighted by atomic mass is 32.2. The minimum atomic E-state index is -1.00. The third-order valence-corrected chi connectivity index (χ3v) is 4.89. The highest BCUT2D eigenvalue weighted by Gasteiger charge is 2.25. The summed E-state index contributed by atoms with van der Waals surface area (Å²) in [6, 6.07) is 11.0. The average molecular weight is 319 g/mol. The van der Waals surface area contributed by atoms with Gasteiger partial charge in [-0.2, -0.15) is 0 Å². The van der Waals surface area contributed by atoms with Crippen molar-refractivity contribution in [1.29, 1.82) is 0 Å². The molecule has 1 heterocycles. The van der Waals surface area contributed by atoms with Crippen LogP contribution in [0.4, 0.5) is 14.5 Å². The fourth-order valence-electron chi connectivity index (χ4n) is 2.48. The lowest BCUT2D eigenvalue weighted by Crippen LogP contribution is -2.32. The lowest BCUT2D eigenvalue weighted by Gasteiger charge is -2.22. The van der Waals surface area contributed by atoms with Crippen LogP contribution in [-0.2, 0) is 0 Å². The van der Waals surface area contributed by atoms with Crippen molar-refractivity contribution in [2.45, 2.75) is 23.5 Å². The summed E-state index contributed by atoms with van der Waals surface area (Å²) in [6.07, 6.45) is 0.842. The second kappa shape index (κ2) is 6.08. The van der Waals surface area contributed by atoms with E-state index in [4.69, 9.17) is 0 Å². The molecule has 0 fully saturated rings. The zero-order valence-electron chi connectivity index (χ0n) is 12.1. The Morgan fingerprint density at radius 1 is 1.18 bits per heavy atom. The monoisotopic (exact) mass is 319 g/mol. The van der Waals surface area contributed by atoms with Gasteiger partial charge in [-0.3, -0.25) is 4.79 Å². The molecule has 0 spiro atoms. The minimum absolute atomic E-state index is 0.160. The third-order valence-electron chi connectivity index (χ3n) is 3.66. The van der Waals surface area contributed by atoms with Gasteiger partial charge >= 0.3 is 0 Å². The second-order valence-electron chi connectivity index (χ2n) is 5.27. The van der Waals surface area contributed by atoms with Gasteiger partial charge in [0.25, 0.3) is 5.91 Å². The maximum Gasteiger partial charge on any atom is 0.258 e. The topological polar surface area (TPSA) is 20.3 Å². The van der Waals surface area contributed by atoms with E-state index in [1.165, 1.54) is 6.07 Å². The van der Waals surface area contributed by atoms with Gasteiger partial charge in [-0.15, -0.1) is 11.8 Å². The molecule has 1 aliphatic rings. The van der Waals surface area contributed by atoms with Gasteiger partial charge in [0.05, 0.1) is 5.69 Å². The van der Waals surface area contributed by atoms with E-state index in [-0.39, 0.29) is 11.5 Å². The zero-order chi connectivity index (χ0) is 15.7. The predicted molar refractivity (Wildman–Crippen MR) is 84.4 cm³/mol. The summed E-state index contributed by atoms with van der Waals surface area (Å²) in [5.74, 6) is -2.25. The van der Waals surface area contributed by atoms with Crippen LogP contribution in [0.3, 0.4) is 0 Å². The molecule has 5 heteroatoms. The number of carbonyl (C=O) groups excluding carboxylic acids is 1. The smallest absolute Gasteiger partial charge is 0.258 e. The number of thioether (sulfide) groups is 1. The van der Waals surface area contributed by atoms with Crippen molar-refractivity contribution < 1.29 is 13.6 Å². The SMILES string of the molecule is C[C@H]1CCN(C(=O)c2ccc(F)c(F)c2)c2ccccc2S1. The normalized spacial score (nSPS) is 17.8. The Balaban J connectivity index is 1.99. The number of para-hydroxylation sites is 1. The first-order chi connectivity index (χ1) is 10.6. The summed E-state index contributed by atoms with van der Waals surface area (Å²) < 4.78 is 26.5. The number of anilines is 1. The van der Waals surface area contributed by atoms with E-state index >= 15 is 0 Å². The Kier molecular flexibility index (Phi) is 4.16. The highest BCUT2D eigenvalue weighted by molar-refractivity contribution is 8.00. The molecule has 3 rings (SSSR count). The van der Waals surface area contributed by atoms with Crippen LogP contribution in [0.2, 0.25) is 0 Å². The fraction of sp³-hybridized carbons (Fsp3) is 0.235. The van der Waals surface area contributed by atoms with Crippen LogP contribution in [0.25, 0.3) is 0 Å². The van der Waals surface area contributed by atoms with Crippen molar-refractivity contribution in [3.63, 3.8) is 0 Å². The third kappa shape index (κ3) is 2.86. The van der Waals surface area contributed by atoms with Crippen molar-refractivity contribution in [3.8, 4) is 0 Å². The van der Waals surface area contributed by atoms with Crippen molar-refractivity contribution in [1.82, 2.24) is 0 Å². The Morgan fingerprint density at radius 3 is 2.73 bits per heavy atom.